The first-order valence-electron chi connectivity index (χ1n) is 21.5. The minimum absolute atomic E-state index is 0.0781. The van der Waals surface area contributed by atoms with Crippen LogP contribution in [0.5, 0.6) is 0 Å². The number of carbonyl (C=O) groups excluding carboxylic acids is 2. The van der Waals surface area contributed by atoms with Gasteiger partial charge in [0.25, 0.3) is 0 Å². The Balaban J connectivity index is 4.19. The lowest BCUT2D eigenvalue weighted by Gasteiger charge is -2.18. The Hall–Kier alpha value is -1.88. The van der Waals surface area contributed by atoms with Crippen molar-refractivity contribution >= 4 is 11.9 Å². The van der Waals surface area contributed by atoms with Gasteiger partial charge in [0.2, 0.25) is 0 Å². The summed E-state index contributed by atoms with van der Waals surface area (Å²) in [7, 11) is 0. The van der Waals surface area contributed by atoms with Crippen LogP contribution < -0.4 is 0 Å². The number of hydrogen-bond acceptors (Lipinski definition) is 5. The van der Waals surface area contributed by atoms with E-state index in [-0.39, 0.29) is 25.2 Å². The number of carbonyl (C=O) groups is 2. The molecule has 0 rings (SSSR count). The third-order valence-corrected chi connectivity index (χ3v) is 9.13. The molecule has 0 aliphatic heterocycles. The van der Waals surface area contributed by atoms with Crippen molar-refractivity contribution < 1.29 is 23.8 Å². The Morgan fingerprint density at radius 2 is 0.880 bits per heavy atom. The lowest BCUT2D eigenvalue weighted by atomic mass is 10.1. The Labute approximate surface area is 310 Å². The van der Waals surface area contributed by atoms with Crippen molar-refractivity contribution in [2.45, 2.75) is 219 Å². The molecule has 1 unspecified atom stereocenters. The van der Waals surface area contributed by atoms with Gasteiger partial charge in [-0.25, -0.2) is 0 Å². The molecular formula is C45H82O5. The van der Waals surface area contributed by atoms with Gasteiger partial charge in [-0.15, -0.1) is 0 Å². The monoisotopic (exact) mass is 703 g/mol. The maximum absolute atomic E-state index is 12.6. The van der Waals surface area contributed by atoms with Crippen molar-refractivity contribution in [3.05, 3.63) is 36.5 Å². The van der Waals surface area contributed by atoms with E-state index < -0.39 is 6.10 Å². The summed E-state index contributed by atoms with van der Waals surface area (Å²) < 4.78 is 17.2. The summed E-state index contributed by atoms with van der Waals surface area (Å²) in [5, 5.41) is 0. The highest BCUT2D eigenvalue weighted by molar-refractivity contribution is 5.70. The van der Waals surface area contributed by atoms with E-state index in [1.165, 1.54) is 122 Å². The molecule has 0 amide bonds. The van der Waals surface area contributed by atoms with Gasteiger partial charge in [0.15, 0.2) is 6.10 Å². The minimum Gasteiger partial charge on any atom is -0.462 e. The molecule has 0 radical (unpaired) electrons. The van der Waals surface area contributed by atoms with Gasteiger partial charge in [-0.2, -0.15) is 0 Å². The normalized spacial score (nSPS) is 12.5. The number of ether oxygens (including phenoxy) is 3. The Bertz CT molecular complexity index is 801. The van der Waals surface area contributed by atoms with Crippen LogP contribution in [0.3, 0.4) is 0 Å². The predicted molar refractivity (Wildman–Crippen MR) is 215 cm³/mol. The van der Waals surface area contributed by atoms with Gasteiger partial charge < -0.3 is 14.2 Å². The van der Waals surface area contributed by atoms with E-state index in [1.807, 2.05) is 0 Å². The highest BCUT2D eigenvalue weighted by Crippen LogP contribution is 2.13. The second-order valence-corrected chi connectivity index (χ2v) is 14.2. The lowest BCUT2D eigenvalue weighted by Crippen LogP contribution is -2.30. The molecule has 0 heterocycles. The van der Waals surface area contributed by atoms with Crippen LogP contribution in [0.15, 0.2) is 36.5 Å². The zero-order valence-electron chi connectivity index (χ0n) is 33.4. The minimum atomic E-state index is -0.536. The van der Waals surface area contributed by atoms with Crippen molar-refractivity contribution in [1.29, 1.82) is 0 Å². The fourth-order valence-electron chi connectivity index (χ4n) is 5.89. The third kappa shape index (κ3) is 38.9. The highest BCUT2D eigenvalue weighted by Gasteiger charge is 2.17. The number of esters is 2. The van der Waals surface area contributed by atoms with Crippen LogP contribution in [0.25, 0.3) is 0 Å². The second kappa shape index (κ2) is 41.5. The number of rotatable bonds is 39. The summed E-state index contributed by atoms with van der Waals surface area (Å²) in [6.07, 6.45) is 47.1. The van der Waals surface area contributed by atoms with E-state index in [2.05, 4.69) is 57.2 Å². The zero-order chi connectivity index (χ0) is 36.4. The number of allylic oxidation sites excluding steroid dienone is 6. The smallest absolute Gasteiger partial charge is 0.306 e. The molecular weight excluding hydrogens is 620 g/mol. The standard InChI is InChI=1S/C45H82O5/c1-4-7-10-13-16-18-20-22-24-26-28-31-34-37-40-48-41-43(50-45(47)39-36-33-29-15-12-9-6-3)42-49-44(46)38-35-32-30-27-25-23-21-19-17-14-11-8-5-2/h11,14,18-21,43H,4-10,12-13,15-17,22-42H2,1-3H3/b14-11-,20-18-,21-19-. The molecule has 0 N–H and O–H groups in total. The van der Waals surface area contributed by atoms with Gasteiger partial charge in [0.1, 0.15) is 6.61 Å². The average Bonchev–Trinajstić information content (AvgIpc) is 3.11. The molecule has 5 nitrogen and oxygen atoms in total. The quantitative estimate of drug-likeness (QED) is 0.0362. The summed E-state index contributed by atoms with van der Waals surface area (Å²) >= 11 is 0. The van der Waals surface area contributed by atoms with Crippen LogP contribution in [-0.4, -0.2) is 37.9 Å². The topological polar surface area (TPSA) is 61.8 Å². The van der Waals surface area contributed by atoms with Crippen LogP contribution >= 0.6 is 0 Å². The molecule has 0 bridgehead atoms. The number of hydrogen-bond donors (Lipinski definition) is 0. The van der Waals surface area contributed by atoms with Crippen LogP contribution in [0.1, 0.15) is 213 Å². The Morgan fingerprint density at radius 3 is 1.44 bits per heavy atom. The van der Waals surface area contributed by atoms with E-state index in [1.54, 1.807) is 0 Å². The second-order valence-electron chi connectivity index (χ2n) is 14.2. The molecule has 0 aliphatic rings. The first-order valence-corrected chi connectivity index (χ1v) is 21.5. The summed E-state index contributed by atoms with van der Waals surface area (Å²) in [5.41, 5.74) is 0. The fraction of sp³-hybridized carbons (Fsp3) is 0.822. The molecule has 0 fully saturated rings. The van der Waals surface area contributed by atoms with Gasteiger partial charge in [-0.05, 0) is 70.6 Å². The Morgan fingerprint density at radius 1 is 0.440 bits per heavy atom. The first-order chi connectivity index (χ1) is 24.6. The molecule has 50 heavy (non-hydrogen) atoms. The van der Waals surface area contributed by atoms with Crippen LogP contribution in [0.2, 0.25) is 0 Å². The van der Waals surface area contributed by atoms with Crippen LogP contribution in [0.4, 0.5) is 0 Å². The van der Waals surface area contributed by atoms with Crippen molar-refractivity contribution in [2.24, 2.45) is 0 Å². The van der Waals surface area contributed by atoms with Gasteiger partial charge in [0.05, 0.1) is 6.61 Å². The summed E-state index contributed by atoms with van der Waals surface area (Å²) in [4.78, 5) is 25.0. The summed E-state index contributed by atoms with van der Waals surface area (Å²) in [6, 6.07) is 0. The maximum Gasteiger partial charge on any atom is 0.306 e. The van der Waals surface area contributed by atoms with Gasteiger partial charge >= 0.3 is 11.9 Å². The SMILES string of the molecule is CCC/C=C\C/C=C\CCCCCCCC(=O)OCC(COCCCCCCCC/C=C\CCCCCC)OC(=O)CCCCCCCCC. The van der Waals surface area contributed by atoms with Crippen molar-refractivity contribution in [3.8, 4) is 0 Å². The average molecular weight is 703 g/mol. The lowest BCUT2D eigenvalue weighted by molar-refractivity contribution is -0.163. The molecule has 0 saturated heterocycles. The van der Waals surface area contributed by atoms with E-state index in [9.17, 15) is 9.59 Å². The molecule has 0 saturated carbocycles. The summed E-state index contributed by atoms with van der Waals surface area (Å²) in [6.45, 7) is 7.69. The molecule has 0 aromatic carbocycles. The molecule has 292 valence electrons. The first kappa shape index (κ1) is 48.1. The van der Waals surface area contributed by atoms with Crippen LogP contribution in [0, 0.1) is 0 Å². The molecule has 5 heteroatoms. The van der Waals surface area contributed by atoms with Crippen molar-refractivity contribution in [1.82, 2.24) is 0 Å². The molecule has 1 atom stereocenters. The Kier molecular flexibility index (Phi) is 40.0. The predicted octanol–water partition coefficient (Wildman–Crippen LogP) is 13.9. The fourth-order valence-corrected chi connectivity index (χ4v) is 5.89. The van der Waals surface area contributed by atoms with E-state index in [0.29, 0.717) is 19.4 Å². The number of unbranched alkanes of at least 4 members (excludes halogenated alkanes) is 22. The van der Waals surface area contributed by atoms with Gasteiger partial charge in [0, 0.05) is 19.4 Å². The largest absolute Gasteiger partial charge is 0.462 e. The summed E-state index contributed by atoms with van der Waals surface area (Å²) in [5.74, 6) is -0.419. The molecule has 0 aromatic heterocycles. The zero-order valence-corrected chi connectivity index (χ0v) is 33.4. The van der Waals surface area contributed by atoms with Crippen molar-refractivity contribution in [3.63, 3.8) is 0 Å². The maximum atomic E-state index is 12.6. The van der Waals surface area contributed by atoms with Crippen molar-refractivity contribution in [2.75, 3.05) is 19.8 Å². The molecule has 0 aliphatic carbocycles. The van der Waals surface area contributed by atoms with Gasteiger partial charge in [-0.1, -0.05) is 166 Å². The van der Waals surface area contributed by atoms with Crippen LogP contribution in [-0.2, 0) is 23.8 Å². The highest BCUT2D eigenvalue weighted by atomic mass is 16.6. The molecule has 0 spiro atoms. The molecule has 0 aromatic rings. The third-order valence-electron chi connectivity index (χ3n) is 9.13. The van der Waals surface area contributed by atoms with E-state index in [0.717, 1.165) is 57.8 Å². The van der Waals surface area contributed by atoms with E-state index in [4.69, 9.17) is 14.2 Å². The van der Waals surface area contributed by atoms with Gasteiger partial charge in [-0.3, -0.25) is 9.59 Å². The van der Waals surface area contributed by atoms with E-state index >= 15 is 0 Å².